The summed E-state index contributed by atoms with van der Waals surface area (Å²) >= 11 is 0. The van der Waals surface area contributed by atoms with Crippen LogP contribution in [0.1, 0.15) is 27.6 Å². The summed E-state index contributed by atoms with van der Waals surface area (Å²) in [5, 5.41) is 2.47. The van der Waals surface area contributed by atoms with E-state index in [0.29, 0.717) is 5.75 Å². The predicted octanol–water partition coefficient (Wildman–Crippen LogP) is 1.58. The monoisotopic (exact) mass is 480 g/mol. The molecule has 1 amide bonds. The van der Waals surface area contributed by atoms with E-state index in [4.69, 9.17) is 9.47 Å². The largest absolute Gasteiger partial charge is 0.493 e. The number of rotatable bonds is 9. The van der Waals surface area contributed by atoms with Gasteiger partial charge in [0.1, 0.15) is 0 Å². The van der Waals surface area contributed by atoms with Crippen LogP contribution < -0.4 is 19.5 Å². The third kappa shape index (κ3) is 6.20. The molecule has 2 aromatic carbocycles. The second-order valence-corrected chi connectivity index (χ2v) is 8.35. The van der Waals surface area contributed by atoms with Crippen molar-refractivity contribution in [1.82, 2.24) is 4.72 Å². The van der Waals surface area contributed by atoms with E-state index in [1.807, 2.05) is 0 Å². The van der Waals surface area contributed by atoms with Crippen molar-refractivity contribution in [2.75, 3.05) is 33.8 Å². The highest BCUT2D eigenvalue weighted by Crippen LogP contribution is 2.29. The maximum atomic E-state index is 12.7. The molecule has 2 N–H and O–H groups in total. The maximum Gasteiger partial charge on any atom is 0.337 e. The Morgan fingerprint density at radius 2 is 1.36 bits per heavy atom. The molecule has 0 aliphatic heterocycles. The number of anilines is 1. The van der Waals surface area contributed by atoms with Crippen LogP contribution in [0.5, 0.6) is 11.5 Å². The van der Waals surface area contributed by atoms with Crippen molar-refractivity contribution in [1.29, 1.82) is 0 Å². The molecule has 0 fully saturated rings. The van der Waals surface area contributed by atoms with Crippen LogP contribution in [0.4, 0.5) is 5.69 Å². The van der Waals surface area contributed by atoms with Crippen molar-refractivity contribution in [3.8, 4) is 11.5 Å². The van der Waals surface area contributed by atoms with Crippen LogP contribution >= 0.6 is 0 Å². The molecule has 0 unspecified atom stereocenters. The van der Waals surface area contributed by atoms with Crippen LogP contribution in [0.25, 0.3) is 0 Å². The van der Waals surface area contributed by atoms with Crippen molar-refractivity contribution in [3.63, 3.8) is 0 Å². The average Bonchev–Trinajstić information content (AvgIpc) is 2.81. The molecule has 0 aliphatic carbocycles. The molecule has 12 heteroatoms. The summed E-state index contributed by atoms with van der Waals surface area (Å²) in [5.41, 5.74) is 0.0592. The lowest BCUT2D eigenvalue weighted by Gasteiger charge is -2.16. The fraction of sp³-hybridized carbons (Fsp3) is 0.286. The number of amides is 1. The summed E-state index contributed by atoms with van der Waals surface area (Å²) in [7, 11) is 1.00. The molecule has 0 aromatic heterocycles. The summed E-state index contributed by atoms with van der Waals surface area (Å²) < 4.78 is 47.2. The van der Waals surface area contributed by atoms with E-state index in [1.54, 1.807) is 0 Å². The van der Waals surface area contributed by atoms with Crippen molar-refractivity contribution in [2.24, 2.45) is 0 Å². The van der Waals surface area contributed by atoms with Crippen LogP contribution in [0, 0.1) is 0 Å². The van der Waals surface area contributed by atoms with E-state index in [-0.39, 0.29) is 27.5 Å². The van der Waals surface area contributed by atoms with Gasteiger partial charge in [0.05, 0.1) is 50.5 Å². The van der Waals surface area contributed by atoms with Crippen LogP contribution in [0.3, 0.4) is 0 Å². The molecule has 1 atom stereocenters. The number of nitrogens with one attached hydrogen (secondary N) is 2. The molecule has 0 heterocycles. The standard InChI is InChI=1S/C21H24N2O9S/c1-12(23-33(27,28)16-6-7-17(29-2)18(11-16)30-3)19(24)22-15-9-13(20(25)31-4)8-14(10-15)21(26)32-5/h6-12,23H,1-5H3,(H,22,24)/t12-/m0/s1. The number of esters is 2. The number of sulfonamides is 1. The normalized spacial score (nSPS) is 11.8. The molecule has 2 aromatic rings. The molecule has 0 saturated heterocycles. The zero-order valence-electron chi connectivity index (χ0n) is 18.6. The number of ether oxygens (including phenoxy) is 4. The third-order valence-electron chi connectivity index (χ3n) is 4.43. The smallest absolute Gasteiger partial charge is 0.337 e. The number of hydrogen-bond acceptors (Lipinski definition) is 9. The van der Waals surface area contributed by atoms with E-state index in [2.05, 4.69) is 19.5 Å². The van der Waals surface area contributed by atoms with E-state index in [1.165, 1.54) is 57.5 Å². The predicted molar refractivity (Wildman–Crippen MR) is 117 cm³/mol. The highest BCUT2D eigenvalue weighted by atomic mass is 32.2. The lowest BCUT2D eigenvalue weighted by Crippen LogP contribution is -2.41. The van der Waals surface area contributed by atoms with Gasteiger partial charge in [0.25, 0.3) is 0 Å². The second-order valence-electron chi connectivity index (χ2n) is 6.63. The van der Waals surface area contributed by atoms with Gasteiger partial charge in [-0.1, -0.05) is 0 Å². The molecule has 178 valence electrons. The third-order valence-corrected chi connectivity index (χ3v) is 5.97. The highest BCUT2D eigenvalue weighted by molar-refractivity contribution is 7.89. The van der Waals surface area contributed by atoms with Crippen molar-refractivity contribution in [3.05, 3.63) is 47.5 Å². The summed E-state index contributed by atoms with van der Waals surface area (Å²) in [6.45, 7) is 1.33. The topological polar surface area (TPSA) is 146 Å². The number of carbonyl (C=O) groups is 3. The van der Waals surface area contributed by atoms with Gasteiger partial charge in [0.2, 0.25) is 15.9 Å². The number of hydrogen-bond donors (Lipinski definition) is 2. The fourth-order valence-electron chi connectivity index (χ4n) is 2.76. The van der Waals surface area contributed by atoms with Gasteiger partial charge in [-0.05, 0) is 37.3 Å². The minimum absolute atomic E-state index is 0.00531. The molecular formula is C21H24N2O9S. The summed E-state index contributed by atoms with van der Waals surface area (Å²) in [6.07, 6.45) is 0. The first-order chi connectivity index (χ1) is 15.6. The Kier molecular flexibility index (Phi) is 8.38. The summed E-state index contributed by atoms with van der Waals surface area (Å²) in [6, 6.07) is 6.58. The Morgan fingerprint density at radius 3 is 1.85 bits per heavy atom. The number of methoxy groups -OCH3 is 4. The zero-order chi connectivity index (χ0) is 24.8. The SMILES string of the molecule is COC(=O)c1cc(NC(=O)[C@H](C)NS(=O)(=O)c2ccc(OC)c(OC)c2)cc(C(=O)OC)c1. The Bertz CT molecular complexity index is 1130. The Hall–Kier alpha value is -3.64. The fourth-order valence-corrected chi connectivity index (χ4v) is 3.98. The van der Waals surface area contributed by atoms with E-state index in [0.717, 1.165) is 14.2 Å². The second kappa shape index (κ2) is 10.8. The molecule has 2 rings (SSSR count). The van der Waals surface area contributed by atoms with Crippen LogP contribution in [-0.2, 0) is 24.3 Å². The molecule has 0 aliphatic rings. The minimum Gasteiger partial charge on any atom is -0.493 e. The summed E-state index contributed by atoms with van der Waals surface area (Å²) in [4.78, 5) is 36.3. The summed E-state index contributed by atoms with van der Waals surface area (Å²) in [5.74, 6) is -1.67. The molecule has 0 spiro atoms. The average molecular weight is 480 g/mol. The van der Waals surface area contributed by atoms with Crippen LogP contribution in [0.2, 0.25) is 0 Å². The zero-order valence-corrected chi connectivity index (χ0v) is 19.4. The lowest BCUT2D eigenvalue weighted by molar-refractivity contribution is -0.117. The van der Waals surface area contributed by atoms with E-state index >= 15 is 0 Å². The first-order valence-corrected chi connectivity index (χ1v) is 10.9. The van der Waals surface area contributed by atoms with E-state index < -0.39 is 33.9 Å². The first kappa shape index (κ1) is 25.6. The van der Waals surface area contributed by atoms with Crippen molar-refractivity contribution < 1.29 is 41.7 Å². The van der Waals surface area contributed by atoms with Gasteiger partial charge in [0, 0.05) is 11.8 Å². The first-order valence-electron chi connectivity index (χ1n) is 9.43. The van der Waals surface area contributed by atoms with Gasteiger partial charge in [0.15, 0.2) is 11.5 Å². The minimum atomic E-state index is -4.10. The van der Waals surface area contributed by atoms with Crippen molar-refractivity contribution >= 4 is 33.6 Å². The molecular weight excluding hydrogens is 456 g/mol. The number of benzene rings is 2. The van der Waals surface area contributed by atoms with Gasteiger partial charge < -0.3 is 24.3 Å². The highest BCUT2D eigenvalue weighted by Gasteiger charge is 2.24. The van der Waals surface area contributed by atoms with Gasteiger partial charge in [-0.15, -0.1) is 0 Å². The van der Waals surface area contributed by atoms with Gasteiger partial charge in [-0.25, -0.2) is 18.0 Å². The number of carbonyl (C=O) groups excluding carboxylic acids is 3. The Balaban J connectivity index is 2.25. The maximum absolute atomic E-state index is 12.7. The van der Waals surface area contributed by atoms with Gasteiger partial charge in [-0.2, -0.15) is 4.72 Å². The van der Waals surface area contributed by atoms with Crippen LogP contribution in [-0.4, -0.2) is 60.7 Å². The Labute approximate surface area is 191 Å². The molecule has 0 bridgehead atoms. The van der Waals surface area contributed by atoms with Crippen LogP contribution in [0.15, 0.2) is 41.3 Å². The quantitative estimate of drug-likeness (QED) is 0.511. The molecule has 33 heavy (non-hydrogen) atoms. The van der Waals surface area contributed by atoms with Crippen molar-refractivity contribution in [2.45, 2.75) is 17.9 Å². The molecule has 0 saturated carbocycles. The van der Waals surface area contributed by atoms with E-state index in [9.17, 15) is 22.8 Å². The Morgan fingerprint density at radius 1 is 0.818 bits per heavy atom. The molecule has 11 nitrogen and oxygen atoms in total. The van der Waals surface area contributed by atoms with Gasteiger partial charge >= 0.3 is 11.9 Å². The lowest BCUT2D eigenvalue weighted by atomic mass is 10.1. The van der Waals surface area contributed by atoms with Gasteiger partial charge in [-0.3, -0.25) is 4.79 Å². The molecule has 0 radical (unpaired) electrons.